The summed E-state index contributed by atoms with van der Waals surface area (Å²) < 4.78 is 0. The first-order valence-electron chi connectivity index (χ1n) is 6.89. The lowest BCUT2D eigenvalue weighted by atomic mass is 10.0. The molecule has 1 aromatic rings. The van der Waals surface area contributed by atoms with E-state index in [4.69, 9.17) is 0 Å². The van der Waals surface area contributed by atoms with E-state index < -0.39 is 0 Å². The predicted molar refractivity (Wildman–Crippen MR) is 74.9 cm³/mol. The minimum atomic E-state index is 0.150. The van der Waals surface area contributed by atoms with E-state index in [0.717, 1.165) is 24.4 Å². The van der Waals surface area contributed by atoms with Gasteiger partial charge in [0.05, 0.1) is 10.7 Å². The van der Waals surface area contributed by atoms with E-state index >= 15 is 0 Å². The molecule has 0 atom stereocenters. The van der Waals surface area contributed by atoms with E-state index in [1.54, 1.807) is 0 Å². The highest BCUT2D eigenvalue weighted by molar-refractivity contribution is 7.11. The molecule has 0 bridgehead atoms. The standard InChI is InChI=1S/C14H22N2OS/c1-10(2)9-15-13(17)7-8-14-16-11-5-3-4-6-12(11)18-14/h10H,3-9H2,1-2H3,(H,15,17). The van der Waals surface area contributed by atoms with E-state index in [0.29, 0.717) is 12.3 Å². The molecule has 1 N–H and O–H groups in total. The molecule has 18 heavy (non-hydrogen) atoms. The molecule has 0 spiro atoms. The second-order valence-electron chi connectivity index (χ2n) is 5.38. The summed E-state index contributed by atoms with van der Waals surface area (Å²) in [7, 11) is 0. The zero-order valence-corrected chi connectivity index (χ0v) is 12.1. The zero-order valence-electron chi connectivity index (χ0n) is 11.3. The summed E-state index contributed by atoms with van der Waals surface area (Å²) in [6.45, 7) is 4.98. The number of carbonyl (C=O) groups excluding carboxylic acids is 1. The van der Waals surface area contributed by atoms with Crippen molar-refractivity contribution in [3.8, 4) is 0 Å². The molecule has 100 valence electrons. The van der Waals surface area contributed by atoms with Crippen molar-refractivity contribution >= 4 is 17.2 Å². The number of carbonyl (C=O) groups is 1. The number of nitrogens with one attached hydrogen (secondary N) is 1. The smallest absolute Gasteiger partial charge is 0.220 e. The van der Waals surface area contributed by atoms with E-state index in [2.05, 4.69) is 24.1 Å². The molecule has 0 fully saturated rings. The maximum atomic E-state index is 11.6. The van der Waals surface area contributed by atoms with Crippen molar-refractivity contribution in [2.24, 2.45) is 5.92 Å². The minimum absolute atomic E-state index is 0.150. The molecule has 2 rings (SSSR count). The third-order valence-corrected chi connectivity index (χ3v) is 4.38. The normalized spacial score (nSPS) is 14.6. The third kappa shape index (κ3) is 3.80. The van der Waals surface area contributed by atoms with Crippen LogP contribution in [0, 0.1) is 5.92 Å². The summed E-state index contributed by atoms with van der Waals surface area (Å²) in [6, 6.07) is 0. The second-order valence-corrected chi connectivity index (χ2v) is 6.55. The zero-order chi connectivity index (χ0) is 13.0. The number of amides is 1. The van der Waals surface area contributed by atoms with Crippen molar-refractivity contribution in [3.05, 3.63) is 15.6 Å². The first-order chi connectivity index (χ1) is 8.65. The number of nitrogens with zero attached hydrogens (tertiary/aromatic N) is 1. The Balaban J connectivity index is 1.79. The second kappa shape index (κ2) is 6.32. The highest BCUT2D eigenvalue weighted by Gasteiger charge is 2.15. The molecule has 0 unspecified atom stereocenters. The van der Waals surface area contributed by atoms with Gasteiger partial charge >= 0.3 is 0 Å². The van der Waals surface area contributed by atoms with Gasteiger partial charge < -0.3 is 5.32 Å². The average Bonchev–Trinajstić information content (AvgIpc) is 2.76. The van der Waals surface area contributed by atoms with Crippen molar-refractivity contribution in [3.63, 3.8) is 0 Å². The van der Waals surface area contributed by atoms with Gasteiger partial charge in [-0.3, -0.25) is 4.79 Å². The Labute approximate surface area is 113 Å². The molecule has 3 nitrogen and oxygen atoms in total. The fraction of sp³-hybridized carbons (Fsp3) is 0.714. The van der Waals surface area contributed by atoms with Crippen LogP contribution in [0.2, 0.25) is 0 Å². The molecule has 0 aliphatic heterocycles. The van der Waals surface area contributed by atoms with Gasteiger partial charge in [0.1, 0.15) is 0 Å². The van der Waals surface area contributed by atoms with Crippen LogP contribution >= 0.6 is 11.3 Å². The number of aromatic nitrogens is 1. The van der Waals surface area contributed by atoms with Crippen LogP contribution in [-0.2, 0) is 24.1 Å². The van der Waals surface area contributed by atoms with Crippen LogP contribution in [0.4, 0.5) is 0 Å². The fourth-order valence-electron chi connectivity index (χ4n) is 2.14. The van der Waals surface area contributed by atoms with Crippen molar-refractivity contribution < 1.29 is 4.79 Å². The quantitative estimate of drug-likeness (QED) is 0.890. The molecule has 0 radical (unpaired) electrons. The Morgan fingerprint density at radius 1 is 1.39 bits per heavy atom. The van der Waals surface area contributed by atoms with Gasteiger partial charge in [-0.2, -0.15) is 0 Å². The van der Waals surface area contributed by atoms with Crippen molar-refractivity contribution in [1.29, 1.82) is 0 Å². The van der Waals surface area contributed by atoms with Crippen molar-refractivity contribution in [2.45, 2.75) is 52.4 Å². The Morgan fingerprint density at radius 3 is 2.89 bits per heavy atom. The monoisotopic (exact) mass is 266 g/mol. The summed E-state index contributed by atoms with van der Waals surface area (Å²) in [5.74, 6) is 0.665. The summed E-state index contributed by atoms with van der Waals surface area (Å²) in [4.78, 5) is 17.7. The van der Waals surface area contributed by atoms with Crippen molar-refractivity contribution in [2.75, 3.05) is 6.54 Å². The molecule has 0 aromatic carbocycles. The van der Waals surface area contributed by atoms with Gasteiger partial charge in [0, 0.05) is 24.3 Å². The Hall–Kier alpha value is -0.900. The molecule has 1 amide bonds. The first-order valence-corrected chi connectivity index (χ1v) is 7.71. The molecule has 1 aliphatic carbocycles. The lowest BCUT2D eigenvalue weighted by molar-refractivity contribution is -0.121. The molecular formula is C14H22N2OS. The van der Waals surface area contributed by atoms with E-state index in [-0.39, 0.29) is 5.91 Å². The minimum Gasteiger partial charge on any atom is -0.356 e. The average molecular weight is 266 g/mol. The van der Waals surface area contributed by atoms with E-state index in [1.807, 2.05) is 11.3 Å². The summed E-state index contributed by atoms with van der Waals surface area (Å²) in [5.41, 5.74) is 1.30. The van der Waals surface area contributed by atoms with Crippen LogP contribution in [0.3, 0.4) is 0 Å². The molecular weight excluding hydrogens is 244 g/mol. The molecule has 1 heterocycles. The SMILES string of the molecule is CC(C)CNC(=O)CCc1nc2c(s1)CCCC2. The number of hydrogen-bond acceptors (Lipinski definition) is 3. The van der Waals surface area contributed by atoms with Gasteiger partial charge in [0.25, 0.3) is 0 Å². The number of hydrogen-bond donors (Lipinski definition) is 1. The number of thiazole rings is 1. The van der Waals surface area contributed by atoms with Crippen LogP contribution in [0.15, 0.2) is 0 Å². The Kier molecular flexibility index (Phi) is 4.75. The fourth-order valence-corrected chi connectivity index (χ4v) is 3.30. The molecule has 1 aliphatic rings. The molecule has 0 saturated carbocycles. The van der Waals surface area contributed by atoms with Gasteiger partial charge in [-0.1, -0.05) is 13.8 Å². The summed E-state index contributed by atoms with van der Waals surface area (Å²) in [6.07, 6.45) is 6.24. The highest BCUT2D eigenvalue weighted by atomic mass is 32.1. The van der Waals surface area contributed by atoms with E-state index in [1.165, 1.54) is 29.8 Å². The lowest BCUT2D eigenvalue weighted by Crippen LogP contribution is -2.27. The van der Waals surface area contributed by atoms with Crippen LogP contribution in [-0.4, -0.2) is 17.4 Å². The maximum Gasteiger partial charge on any atom is 0.220 e. The third-order valence-electron chi connectivity index (χ3n) is 3.16. The molecule has 1 aromatic heterocycles. The largest absolute Gasteiger partial charge is 0.356 e. The lowest BCUT2D eigenvalue weighted by Gasteiger charge is -2.06. The molecule has 4 heteroatoms. The molecule has 0 saturated heterocycles. The Morgan fingerprint density at radius 2 is 2.17 bits per heavy atom. The highest BCUT2D eigenvalue weighted by Crippen LogP contribution is 2.27. The van der Waals surface area contributed by atoms with Gasteiger partial charge in [0.2, 0.25) is 5.91 Å². The van der Waals surface area contributed by atoms with Gasteiger partial charge in [-0.25, -0.2) is 4.98 Å². The number of rotatable bonds is 5. The van der Waals surface area contributed by atoms with Gasteiger partial charge in [0.15, 0.2) is 0 Å². The van der Waals surface area contributed by atoms with Crippen molar-refractivity contribution in [1.82, 2.24) is 10.3 Å². The van der Waals surface area contributed by atoms with E-state index in [9.17, 15) is 4.79 Å². The predicted octanol–water partition coefficient (Wildman–Crippen LogP) is 2.73. The first kappa shape index (κ1) is 13.5. The van der Waals surface area contributed by atoms with Gasteiger partial charge in [-0.05, 0) is 31.6 Å². The number of fused-ring (bicyclic) bond motifs is 1. The van der Waals surface area contributed by atoms with Crippen LogP contribution < -0.4 is 5.32 Å². The maximum absolute atomic E-state index is 11.6. The van der Waals surface area contributed by atoms with Crippen LogP contribution in [0.1, 0.15) is 48.7 Å². The summed E-state index contributed by atoms with van der Waals surface area (Å²) in [5, 5.41) is 4.09. The van der Waals surface area contributed by atoms with Crippen LogP contribution in [0.25, 0.3) is 0 Å². The Bertz CT molecular complexity index is 388. The number of aryl methyl sites for hydroxylation is 3. The topological polar surface area (TPSA) is 42.0 Å². The summed E-state index contributed by atoms with van der Waals surface area (Å²) >= 11 is 1.81. The van der Waals surface area contributed by atoms with Crippen LogP contribution in [0.5, 0.6) is 0 Å². The van der Waals surface area contributed by atoms with Gasteiger partial charge in [-0.15, -0.1) is 11.3 Å².